The van der Waals surface area contributed by atoms with Crippen LogP contribution in [0.2, 0.25) is 0 Å². The molecule has 0 saturated carbocycles. The van der Waals surface area contributed by atoms with Crippen LogP contribution in [0.4, 0.5) is 0 Å². The monoisotopic (exact) mass is 473 g/mol. The van der Waals surface area contributed by atoms with E-state index in [9.17, 15) is 14.4 Å². The Hall–Kier alpha value is -2.01. The van der Waals surface area contributed by atoms with Gasteiger partial charge in [0.25, 0.3) is 0 Å². The highest BCUT2D eigenvalue weighted by molar-refractivity contribution is 5.92. The van der Waals surface area contributed by atoms with Gasteiger partial charge in [-0.15, -0.1) is 0 Å². The van der Waals surface area contributed by atoms with Gasteiger partial charge in [0.1, 0.15) is 11.4 Å². The van der Waals surface area contributed by atoms with Crippen LogP contribution in [0.15, 0.2) is 24.3 Å². The number of hydrogen-bond acceptors (Lipinski definition) is 5. The minimum atomic E-state index is -0.617. The van der Waals surface area contributed by atoms with Gasteiger partial charge >= 0.3 is 0 Å². The number of ether oxygens (including phenoxy) is 1. The average Bonchev–Trinajstić information content (AvgIpc) is 2.62. The molecule has 0 saturated heterocycles. The Morgan fingerprint density at radius 2 is 1.12 bits per heavy atom. The van der Waals surface area contributed by atoms with Crippen molar-refractivity contribution in [2.75, 3.05) is 13.1 Å². The number of carbonyl (C=O) groups is 3. The average molecular weight is 474 g/mol. The summed E-state index contributed by atoms with van der Waals surface area (Å²) < 4.78 is 5.92. The van der Waals surface area contributed by atoms with Crippen LogP contribution in [0.25, 0.3) is 0 Å². The van der Waals surface area contributed by atoms with Crippen LogP contribution < -0.4 is 4.74 Å². The maximum atomic E-state index is 13.6. The third kappa shape index (κ3) is 9.69. The molecule has 0 bridgehead atoms. The molecule has 192 valence electrons. The summed E-state index contributed by atoms with van der Waals surface area (Å²) in [5.41, 5.74) is -1.09. The summed E-state index contributed by atoms with van der Waals surface area (Å²) in [5.74, 6) is 0.799. The molecule has 1 rings (SSSR count). The zero-order valence-electron chi connectivity index (χ0n) is 23.6. The van der Waals surface area contributed by atoms with Crippen molar-refractivity contribution in [1.29, 1.82) is 0 Å². The number of benzene rings is 1. The van der Waals surface area contributed by atoms with E-state index in [0.717, 1.165) is 11.3 Å². The van der Waals surface area contributed by atoms with E-state index in [1.54, 1.807) is 4.90 Å². The van der Waals surface area contributed by atoms with Crippen LogP contribution in [0.5, 0.6) is 5.75 Å². The van der Waals surface area contributed by atoms with Crippen molar-refractivity contribution in [3.05, 3.63) is 29.8 Å². The van der Waals surface area contributed by atoms with Crippen molar-refractivity contribution in [1.82, 2.24) is 4.90 Å². The number of hydrogen-bond donors (Lipinski definition) is 0. The smallest absolute Gasteiger partial charge is 0.155 e. The SMILES string of the molecule is CC(C)(C)Oc1ccc(CC(C(=O)C(C)(C)C)N(CC(=O)C(C)(C)C)CC(=O)C(C)(C)C)cc1. The molecule has 1 aromatic carbocycles. The second-order valence-electron chi connectivity index (χ2n) is 13.4. The van der Waals surface area contributed by atoms with Crippen LogP contribution >= 0.6 is 0 Å². The number of ketones is 3. The summed E-state index contributed by atoms with van der Waals surface area (Å²) in [5, 5.41) is 0. The molecule has 0 aliphatic rings. The van der Waals surface area contributed by atoms with Gasteiger partial charge in [0.15, 0.2) is 17.3 Å². The molecule has 0 aliphatic heterocycles. The van der Waals surface area contributed by atoms with Crippen LogP contribution in [0.1, 0.15) is 88.6 Å². The minimum absolute atomic E-state index is 0.00911. The number of nitrogens with zero attached hydrogens (tertiary/aromatic N) is 1. The van der Waals surface area contributed by atoms with Gasteiger partial charge in [-0.1, -0.05) is 74.4 Å². The molecule has 5 heteroatoms. The highest BCUT2D eigenvalue weighted by Crippen LogP contribution is 2.27. The zero-order valence-corrected chi connectivity index (χ0v) is 23.6. The first-order valence-corrected chi connectivity index (χ1v) is 12.2. The molecule has 0 aliphatic carbocycles. The van der Waals surface area contributed by atoms with E-state index in [2.05, 4.69) is 0 Å². The molecule has 0 N–H and O–H groups in total. The Bertz CT molecular complexity index is 828. The maximum Gasteiger partial charge on any atom is 0.155 e. The fourth-order valence-electron chi connectivity index (χ4n) is 3.28. The standard InChI is InChI=1S/C29H47NO4/c1-26(2,3)23(31)18-30(19-24(32)27(4,5)6)22(25(33)28(7,8)9)17-20-13-15-21(16-14-20)34-29(10,11)12/h13-16,22H,17-19H2,1-12H3. The van der Waals surface area contributed by atoms with Gasteiger partial charge in [-0.3, -0.25) is 19.3 Å². The first kappa shape index (κ1) is 30.0. The second kappa shape index (κ2) is 10.7. The lowest BCUT2D eigenvalue weighted by Crippen LogP contribution is -2.53. The minimum Gasteiger partial charge on any atom is -0.488 e. The summed E-state index contributed by atoms with van der Waals surface area (Å²) in [4.78, 5) is 41.5. The van der Waals surface area contributed by atoms with Gasteiger partial charge in [-0.2, -0.15) is 0 Å². The third-order valence-electron chi connectivity index (χ3n) is 5.63. The summed E-state index contributed by atoms with van der Waals surface area (Å²) in [6.07, 6.45) is 0.417. The summed E-state index contributed by atoms with van der Waals surface area (Å²) in [7, 11) is 0. The van der Waals surface area contributed by atoms with Crippen molar-refractivity contribution in [3.8, 4) is 5.75 Å². The second-order valence-corrected chi connectivity index (χ2v) is 13.4. The molecule has 1 aromatic rings. The largest absolute Gasteiger partial charge is 0.488 e. The Labute approximate surface area is 207 Å². The lowest BCUT2D eigenvalue weighted by atomic mass is 9.82. The van der Waals surface area contributed by atoms with Gasteiger partial charge < -0.3 is 4.74 Å². The summed E-state index contributed by atoms with van der Waals surface area (Å²) in [6, 6.07) is 7.14. The molecular weight excluding hydrogens is 426 g/mol. The Morgan fingerprint density at radius 3 is 1.44 bits per heavy atom. The fraction of sp³-hybridized carbons (Fsp3) is 0.690. The lowest BCUT2D eigenvalue weighted by Gasteiger charge is -2.36. The van der Waals surface area contributed by atoms with Gasteiger partial charge in [0.2, 0.25) is 0 Å². The highest BCUT2D eigenvalue weighted by atomic mass is 16.5. The van der Waals surface area contributed by atoms with Gasteiger partial charge in [0, 0.05) is 16.2 Å². The molecule has 0 radical (unpaired) electrons. The van der Waals surface area contributed by atoms with E-state index in [1.807, 2.05) is 107 Å². The Morgan fingerprint density at radius 1 is 0.706 bits per heavy atom. The first-order valence-electron chi connectivity index (χ1n) is 12.2. The molecular formula is C29H47NO4. The summed E-state index contributed by atoms with van der Waals surface area (Å²) in [6.45, 7) is 23.0. The molecule has 0 fully saturated rings. The van der Waals surface area contributed by atoms with Crippen LogP contribution in [-0.4, -0.2) is 47.0 Å². The first-order chi connectivity index (χ1) is 15.1. The van der Waals surface area contributed by atoms with Crippen molar-refractivity contribution in [2.45, 2.75) is 101 Å². The van der Waals surface area contributed by atoms with Gasteiger partial charge in [-0.25, -0.2) is 0 Å². The number of Topliss-reactive ketones (excluding diaryl/α,β-unsaturated/α-hetero) is 3. The number of carbonyl (C=O) groups excluding carboxylic acids is 3. The van der Waals surface area contributed by atoms with Gasteiger partial charge in [0.05, 0.1) is 19.1 Å². The van der Waals surface area contributed by atoms with Crippen LogP contribution in [-0.2, 0) is 20.8 Å². The zero-order chi connectivity index (χ0) is 26.7. The highest BCUT2D eigenvalue weighted by Gasteiger charge is 2.38. The van der Waals surface area contributed by atoms with Gasteiger partial charge in [-0.05, 0) is 44.9 Å². The fourth-order valence-corrected chi connectivity index (χ4v) is 3.28. The molecule has 34 heavy (non-hydrogen) atoms. The summed E-state index contributed by atoms with van der Waals surface area (Å²) >= 11 is 0. The molecule has 0 spiro atoms. The van der Waals surface area contributed by atoms with Crippen molar-refractivity contribution < 1.29 is 19.1 Å². The van der Waals surface area contributed by atoms with E-state index in [4.69, 9.17) is 4.74 Å². The lowest BCUT2D eigenvalue weighted by molar-refractivity contribution is -0.137. The predicted octanol–water partition coefficient (Wildman–Crippen LogP) is 5.92. The predicted molar refractivity (Wildman–Crippen MR) is 139 cm³/mol. The molecule has 0 amide bonds. The maximum absolute atomic E-state index is 13.6. The van der Waals surface area contributed by atoms with Crippen molar-refractivity contribution in [2.24, 2.45) is 16.2 Å². The van der Waals surface area contributed by atoms with Crippen molar-refractivity contribution >= 4 is 17.3 Å². The topological polar surface area (TPSA) is 63.7 Å². The number of rotatable bonds is 9. The molecule has 1 unspecified atom stereocenters. The third-order valence-corrected chi connectivity index (χ3v) is 5.63. The van der Waals surface area contributed by atoms with E-state index in [0.29, 0.717) is 6.42 Å². The van der Waals surface area contributed by atoms with E-state index >= 15 is 0 Å². The quantitative estimate of drug-likeness (QED) is 0.445. The molecule has 0 aromatic heterocycles. The van der Waals surface area contributed by atoms with E-state index < -0.39 is 22.3 Å². The normalized spacial score (nSPS) is 14.1. The van der Waals surface area contributed by atoms with Crippen LogP contribution in [0, 0.1) is 16.2 Å². The molecule has 5 nitrogen and oxygen atoms in total. The van der Waals surface area contributed by atoms with E-state index in [-0.39, 0.29) is 36.0 Å². The molecule has 0 heterocycles. The Balaban J connectivity index is 3.39. The Kier molecular flexibility index (Phi) is 9.47. The van der Waals surface area contributed by atoms with E-state index in [1.165, 1.54) is 0 Å². The molecule has 1 atom stereocenters. The van der Waals surface area contributed by atoms with Crippen molar-refractivity contribution in [3.63, 3.8) is 0 Å². The van der Waals surface area contributed by atoms with Crippen LogP contribution in [0.3, 0.4) is 0 Å².